The van der Waals surface area contributed by atoms with E-state index in [0.29, 0.717) is 11.1 Å². The molecule has 2 nitrogen and oxygen atoms in total. The van der Waals surface area contributed by atoms with Crippen LogP contribution in [0.15, 0.2) is 146 Å². The second kappa shape index (κ2) is 13.3. The van der Waals surface area contributed by atoms with Crippen molar-refractivity contribution in [2.45, 2.75) is 90.9 Å². The van der Waals surface area contributed by atoms with Crippen molar-refractivity contribution in [3.63, 3.8) is 0 Å². The van der Waals surface area contributed by atoms with Gasteiger partial charge in [-0.05, 0) is 90.7 Å². The Bertz CT molecular complexity index is 4300. The molecule has 350 valence electrons. The van der Waals surface area contributed by atoms with Gasteiger partial charge < -0.3 is 8.80 Å². The summed E-state index contributed by atoms with van der Waals surface area (Å²) in [7, 11) is 0. The van der Waals surface area contributed by atoms with Crippen molar-refractivity contribution in [1.82, 2.24) is 8.80 Å². The number of benzene rings is 9. The fraction of sp³-hybridized carbons (Fsp3) is 0.206. The lowest BCUT2D eigenvalue weighted by Crippen LogP contribution is -2.22. The van der Waals surface area contributed by atoms with Crippen molar-refractivity contribution in [3.05, 3.63) is 191 Å². The standard InChI is InChI=1S/C68H54F2N2/c1-65(2,3)39-27-37-29-41(33-39)67(7,8)49-19-13-21-51(69)55(49)35-23-25-45-53(31-35)71-61-43(37)15-11-17-47(61)59-57-46-26-24-36-32-54(46)72-62-44(16-12-18-48(62)60(64(57)72)58(45)63(59)71)38-28-40(66(4,5)6)34-42(30-38)68(9,10)50-20-14-22-52(70)56(36)50/h11-34H,1-10H3. The summed E-state index contributed by atoms with van der Waals surface area (Å²) in [4.78, 5) is 0. The van der Waals surface area contributed by atoms with Crippen LogP contribution in [0.4, 0.5) is 8.78 Å². The van der Waals surface area contributed by atoms with Crippen molar-refractivity contribution in [3.8, 4) is 44.5 Å². The van der Waals surface area contributed by atoms with E-state index >= 15 is 8.78 Å². The molecule has 0 aliphatic carbocycles. The van der Waals surface area contributed by atoms with Gasteiger partial charge in [0.1, 0.15) is 11.6 Å². The molecule has 15 rings (SSSR count). The number of hydrogen-bond donors (Lipinski definition) is 0. The number of fused-ring (bicyclic) bond motifs is 18. The van der Waals surface area contributed by atoms with Crippen LogP contribution in [0.5, 0.6) is 0 Å². The smallest absolute Gasteiger partial charge is 0.131 e. The Hall–Kier alpha value is -7.56. The molecule has 0 spiro atoms. The lowest BCUT2D eigenvalue weighted by atomic mass is 9.72. The van der Waals surface area contributed by atoms with Crippen LogP contribution in [0, 0.1) is 11.6 Å². The first-order chi connectivity index (χ1) is 34.3. The Labute approximate surface area is 417 Å². The highest BCUT2D eigenvalue weighted by Crippen LogP contribution is 2.56. The largest absolute Gasteiger partial charge is 0.307 e. The number of rotatable bonds is 0. The molecule has 0 fully saturated rings. The maximum Gasteiger partial charge on any atom is 0.131 e. The van der Waals surface area contributed by atoms with Gasteiger partial charge in [0.25, 0.3) is 0 Å². The number of aromatic nitrogens is 2. The molecule has 72 heavy (non-hydrogen) atoms. The highest BCUT2D eigenvalue weighted by atomic mass is 19.1. The van der Waals surface area contributed by atoms with Gasteiger partial charge in [0.05, 0.1) is 33.1 Å². The average molecular weight is 937 g/mol. The zero-order valence-corrected chi connectivity index (χ0v) is 42.5. The van der Waals surface area contributed by atoms with Gasteiger partial charge in [0.15, 0.2) is 0 Å². The predicted octanol–water partition coefficient (Wildman–Crippen LogP) is 18.8. The maximum atomic E-state index is 16.9. The fourth-order valence-electron chi connectivity index (χ4n) is 13.7. The first kappa shape index (κ1) is 42.2. The van der Waals surface area contributed by atoms with Gasteiger partial charge in [-0.1, -0.05) is 191 Å². The first-order valence-electron chi connectivity index (χ1n) is 25.6. The Kier molecular flexibility index (Phi) is 7.78. The molecular weight excluding hydrogens is 883 g/mol. The molecule has 6 heterocycles. The van der Waals surface area contributed by atoms with Gasteiger partial charge in [-0.3, -0.25) is 0 Å². The van der Waals surface area contributed by atoms with E-state index in [1.165, 1.54) is 65.6 Å². The molecule has 0 radical (unpaired) electrons. The average Bonchev–Trinajstić information content (AvgIpc) is 4.08. The Balaban J connectivity index is 1.22. The third-order valence-electron chi connectivity index (χ3n) is 17.6. The number of para-hydroxylation sites is 2. The summed E-state index contributed by atoms with van der Waals surface area (Å²) in [6.45, 7) is 22.7. The van der Waals surface area contributed by atoms with E-state index in [-0.39, 0.29) is 22.5 Å². The number of hydrogen-bond acceptors (Lipinski definition) is 0. The maximum absolute atomic E-state index is 16.9. The van der Waals surface area contributed by atoms with Gasteiger partial charge >= 0.3 is 0 Å². The van der Waals surface area contributed by atoms with Crippen LogP contribution in [-0.4, -0.2) is 8.80 Å². The summed E-state index contributed by atoms with van der Waals surface area (Å²) in [6.07, 6.45) is 0. The Morgan fingerprint density at radius 1 is 0.375 bits per heavy atom. The fourth-order valence-corrected chi connectivity index (χ4v) is 13.7. The number of nitrogens with zero attached hydrogens (tertiary/aromatic N) is 2. The molecule has 8 bridgehead atoms. The normalized spacial score (nSPS) is 15.2. The summed E-state index contributed by atoms with van der Waals surface area (Å²) in [6, 6.07) is 52.6. The van der Waals surface area contributed by atoms with Crippen LogP contribution >= 0.6 is 0 Å². The van der Waals surface area contributed by atoms with Gasteiger partial charge in [-0.25, -0.2) is 8.78 Å². The van der Waals surface area contributed by atoms with Crippen LogP contribution in [0.1, 0.15) is 103 Å². The van der Waals surface area contributed by atoms with Crippen molar-refractivity contribution >= 4 is 76.2 Å². The molecule has 2 aliphatic rings. The summed E-state index contributed by atoms with van der Waals surface area (Å²) in [5, 5.41) is 9.41. The van der Waals surface area contributed by atoms with Crippen molar-refractivity contribution in [1.29, 1.82) is 0 Å². The van der Waals surface area contributed by atoms with E-state index in [1.807, 2.05) is 12.1 Å². The lowest BCUT2D eigenvalue weighted by molar-refractivity contribution is 0.579. The van der Waals surface area contributed by atoms with Gasteiger partial charge in [-0.15, -0.1) is 0 Å². The Morgan fingerprint density at radius 2 is 0.764 bits per heavy atom. The molecule has 0 amide bonds. The predicted molar refractivity (Wildman–Crippen MR) is 299 cm³/mol. The second-order valence-electron chi connectivity index (χ2n) is 24.4. The quantitative estimate of drug-likeness (QED) is 0.143. The molecule has 0 saturated heterocycles. The third kappa shape index (κ3) is 5.13. The zero-order chi connectivity index (χ0) is 49.4. The van der Waals surface area contributed by atoms with Crippen LogP contribution < -0.4 is 0 Å². The molecule has 0 atom stereocenters. The minimum atomic E-state index is -0.538. The third-order valence-corrected chi connectivity index (χ3v) is 17.6. The number of halogens is 2. The molecule has 4 heteroatoms. The molecule has 0 N–H and O–H groups in total. The molecule has 13 aromatic rings. The van der Waals surface area contributed by atoms with Crippen LogP contribution in [0.2, 0.25) is 0 Å². The molecule has 4 aromatic heterocycles. The molecule has 2 aliphatic heterocycles. The minimum absolute atomic E-state index is 0.152. The van der Waals surface area contributed by atoms with E-state index in [9.17, 15) is 0 Å². The summed E-state index contributed by atoms with van der Waals surface area (Å²) in [5.41, 5.74) is 19.7. The van der Waals surface area contributed by atoms with Gasteiger partial charge in [-0.2, -0.15) is 0 Å². The molecule has 0 saturated carbocycles. The summed E-state index contributed by atoms with van der Waals surface area (Å²) < 4.78 is 39.0. The van der Waals surface area contributed by atoms with Crippen molar-refractivity contribution < 1.29 is 8.78 Å². The SMILES string of the molecule is CC(C)(C)c1cc2cc(c1)C(C)(C)c1cccc(F)c1-c1ccc3c4c5c6cccc7c6n6c8cc(ccc8c(c8c9cccc-2c9n(c3c1)c48)c56)-c1c(F)cccc1C(C)(C)c1cc-7cc(C(C)(C)C)c1. The summed E-state index contributed by atoms with van der Waals surface area (Å²) >= 11 is 0. The Morgan fingerprint density at radius 3 is 1.17 bits per heavy atom. The van der Waals surface area contributed by atoms with E-state index in [2.05, 4.69) is 199 Å². The monoisotopic (exact) mass is 936 g/mol. The summed E-state index contributed by atoms with van der Waals surface area (Å²) in [5.74, 6) is -0.439. The van der Waals surface area contributed by atoms with Gasteiger partial charge in [0, 0.05) is 76.2 Å². The minimum Gasteiger partial charge on any atom is -0.307 e. The van der Waals surface area contributed by atoms with E-state index in [0.717, 1.165) is 77.3 Å². The molecular formula is C68H54F2N2. The van der Waals surface area contributed by atoms with E-state index in [1.54, 1.807) is 12.1 Å². The van der Waals surface area contributed by atoms with Gasteiger partial charge in [0.2, 0.25) is 0 Å². The van der Waals surface area contributed by atoms with Crippen LogP contribution in [-0.2, 0) is 21.7 Å². The first-order valence-corrected chi connectivity index (χ1v) is 25.6. The lowest BCUT2D eigenvalue weighted by Gasteiger charge is -2.32. The van der Waals surface area contributed by atoms with Crippen molar-refractivity contribution in [2.24, 2.45) is 0 Å². The highest BCUT2D eigenvalue weighted by molar-refractivity contribution is 6.46. The highest BCUT2D eigenvalue weighted by Gasteiger charge is 2.36. The topological polar surface area (TPSA) is 8.82 Å². The zero-order valence-electron chi connectivity index (χ0n) is 42.5. The van der Waals surface area contributed by atoms with E-state index < -0.39 is 10.8 Å². The van der Waals surface area contributed by atoms with E-state index in [4.69, 9.17) is 0 Å². The van der Waals surface area contributed by atoms with Crippen molar-refractivity contribution in [2.75, 3.05) is 0 Å². The molecule has 0 unspecified atom stereocenters. The van der Waals surface area contributed by atoms with Crippen LogP contribution in [0.25, 0.3) is 121 Å². The molecule has 9 aromatic carbocycles. The van der Waals surface area contributed by atoms with Crippen LogP contribution in [0.3, 0.4) is 0 Å². The second-order valence-corrected chi connectivity index (χ2v) is 24.4.